The van der Waals surface area contributed by atoms with Crippen molar-refractivity contribution in [1.82, 2.24) is 0 Å². The number of unbranched alkanes of at least 4 members (excludes halogenated alkanes) is 18. The summed E-state index contributed by atoms with van der Waals surface area (Å²) in [6.45, 7) is 4.55. The second-order valence-corrected chi connectivity index (χ2v) is 9.29. The summed E-state index contributed by atoms with van der Waals surface area (Å²) in [5, 5.41) is 10.1. The molecule has 1 atom stereocenters. The van der Waals surface area contributed by atoms with E-state index in [1.165, 1.54) is 135 Å². The number of aliphatic hydroxyl groups excluding tert-OH is 1. The van der Waals surface area contributed by atoms with Gasteiger partial charge in [-0.1, -0.05) is 135 Å². The average molecular weight is 409 g/mol. The maximum atomic E-state index is 10.1. The highest BCUT2D eigenvalue weighted by molar-refractivity contribution is 4.81. The molecule has 0 spiro atoms. The summed E-state index contributed by atoms with van der Waals surface area (Å²) in [6.07, 6.45) is 35.2. The lowest BCUT2D eigenvalue weighted by atomic mass is 10.0. The van der Waals surface area contributed by atoms with E-state index in [9.17, 15) is 5.11 Å². The first-order chi connectivity index (χ1) is 14.3. The van der Waals surface area contributed by atoms with E-state index in [1.54, 1.807) is 0 Å². The molecule has 0 aromatic carbocycles. The summed E-state index contributed by atoms with van der Waals surface area (Å²) < 4.78 is 0. The van der Waals surface area contributed by atoms with Crippen LogP contribution in [0.1, 0.15) is 162 Å². The van der Waals surface area contributed by atoms with Gasteiger partial charge in [0, 0.05) is 0 Å². The van der Waals surface area contributed by atoms with Gasteiger partial charge in [0.25, 0.3) is 0 Å². The Morgan fingerprint density at radius 2 is 0.759 bits per heavy atom. The van der Waals surface area contributed by atoms with Gasteiger partial charge in [-0.2, -0.15) is 0 Å². The molecule has 29 heavy (non-hydrogen) atoms. The van der Waals surface area contributed by atoms with Crippen molar-refractivity contribution in [2.75, 3.05) is 0 Å². The van der Waals surface area contributed by atoms with Crippen molar-refractivity contribution < 1.29 is 5.11 Å². The molecule has 0 saturated heterocycles. The van der Waals surface area contributed by atoms with Crippen molar-refractivity contribution in [3.05, 3.63) is 12.2 Å². The monoisotopic (exact) mass is 408 g/mol. The predicted octanol–water partition coefficient (Wildman–Crippen LogP) is 9.92. The summed E-state index contributed by atoms with van der Waals surface area (Å²) in [4.78, 5) is 0. The van der Waals surface area contributed by atoms with Gasteiger partial charge in [-0.3, -0.25) is 0 Å². The van der Waals surface area contributed by atoms with Crippen molar-refractivity contribution in [2.45, 2.75) is 168 Å². The third-order valence-electron chi connectivity index (χ3n) is 6.19. The van der Waals surface area contributed by atoms with Crippen molar-refractivity contribution in [3.63, 3.8) is 0 Å². The molecule has 0 fully saturated rings. The Hall–Kier alpha value is -0.300. The lowest BCUT2D eigenvalue weighted by molar-refractivity contribution is 0.147. The van der Waals surface area contributed by atoms with Gasteiger partial charge in [-0.05, 0) is 38.5 Å². The molecule has 1 nitrogen and oxygen atoms in total. The standard InChI is InChI=1S/C28H56O/c1-3-5-7-9-11-12-13-14-15-16-17-18-19-21-23-25-27-28(29)26-24-22-20-10-8-6-4-2/h12-13,28-29H,3-11,14-27H2,1-2H3. The van der Waals surface area contributed by atoms with E-state index in [-0.39, 0.29) is 6.10 Å². The van der Waals surface area contributed by atoms with Crippen LogP contribution in [-0.2, 0) is 0 Å². The van der Waals surface area contributed by atoms with Crippen LogP contribution in [0.4, 0.5) is 0 Å². The highest BCUT2D eigenvalue weighted by Crippen LogP contribution is 2.15. The topological polar surface area (TPSA) is 20.2 Å². The Labute approximate surface area is 185 Å². The molecule has 0 bridgehead atoms. The van der Waals surface area contributed by atoms with Crippen LogP contribution in [-0.4, -0.2) is 11.2 Å². The third kappa shape index (κ3) is 25.7. The first-order valence-corrected chi connectivity index (χ1v) is 13.6. The number of aliphatic hydroxyl groups is 1. The van der Waals surface area contributed by atoms with Crippen LogP contribution in [0.15, 0.2) is 12.2 Å². The zero-order valence-electron chi connectivity index (χ0n) is 20.4. The molecule has 0 aliphatic rings. The van der Waals surface area contributed by atoms with Crippen LogP contribution >= 0.6 is 0 Å². The van der Waals surface area contributed by atoms with Crippen LogP contribution < -0.4 is 0 Å². The van der Waals surface area contributed by atoms with Gasteiger partial charge in [0.2, 0.25) is 0 Å². The molecule has 1 heteroatoms. The minimum absolute atomic E-state index is 0.0367. The fourth-order valence-corrected chi connectivity index (χ4v) is 4.11. The normalized spacial score (nSPS) is 12.8. The van der Waals surface area contributed by atoms with Crippen LogP contribution in [0.2, 0.25) is 0 Å². The Morgan fingerprint density at radius 3 is 1.17 bits per heavy atom. The van der Waals surface area contributed by atoms with Crippen molar-refractivity contribution in [1.29, 1.82) is 0 Å². The van der Waals surface area contributed by atoms with E-state index in [4.69, 9.17) is 0 Å². The largest absolute Gasteiger partial charge is 0.393 e. The van der Waals surface area contributed by atoms with Gasteiger partial charge >= 0.3 is 0 Å². The zero-order valence-corrected chi connectivity index (χ0v) is 20.4. The van der Waals surface area contributed by atoms with Crippen LogP contribution in [0.3, 0.4) is 0 Å². The Bertz CT molecular complexity index is 309. The molecule has 0 aromatic heterocycles. The quantitative estimate of drug-likeness (QED) is 0.124. The smallest absolute Gasteiger partial charge is 0.0540 e. The first kappa shape index (κ1) is 28.7. The van der Waals surface area contributed by atoms with Crippen LogP contribution in [0, 0.1) is 0 Å². The molecule has 1 unspecified atom stereocenters. The van der Waals surface area contributed by atoms with Gasteiger partial charge < -0.3 is 5.11 Å². The van der Waals surface area contributed by atoms with Crippen molar-refractivity contribution in [2.24, 2.45) is 0 Å². The lowest BCUT2D eigenvalue weighted by Gasteiger charge is -2.10. The third-order valence-corrected chi connectivity index (χ3v) is 6.19. The SMILES string of the molecule is CCCCCCC=CCCCCCCCCCCC(O)CCCCCCCCC. The minimum Gasteiger partial charge on any atom is -0.393 e. The molecule has 0 amide bonds. The fourth-order valence-electron chi connectivity index (χ4n) is 4.11. The molecular formula is C28H56O. The fraction of sp³-hybridized carbons (Fsp3) is 0.929. The van der Waals surface area contributed by atoms with E-state index in [0.717, 1.165) is 12.8 Å². The number of allylic oxidation sites excluding steroid dienone is 2. The van der Waals surface area contributed by atoms with E-state index < -0.39 is 0 Å². The van der Waals surface area contributed by atoms with E-state index >= 15 is 0 Å². The van der Waals surface area contributed by atoms with Gasteiger partial charge in [0.15, 0.2) is 0 Å². The first-order valence-electron chi connectivity index (χ1n) is 13.6. The summed E-state index contributed by atoms with van der Waals surface area (Å²) >= 11 is 0. The Balaban J connectivity index is 3.16. The van der Waals surface area contributed by atoms with Crippen LogP contribution in [0.5, 0.6) is 0 Å². The van der Waals surface area contributed by atoms with Crippen molar-refractivity contribution >= 4 is 0 Å². The maximum absolute atomic E-state index is 10.1. The molecule has 0 aromatic rings. The minimum atomic E-state index is -0.0367. The molecule has 0 aliphatic carbocycles. The van der Waals surface area contributed by atoms with E-state index in [1.807, 2.05) is 0 Å². The number of hydrogen-bond acceptors (Lipinski definition) is 1. The number of rotatable bonds is 24. The second kappa shape index (κ2) is 25.7. The molecule has 1 N–H and O–H groups in total. The van der Waals surface area contributed by atoms with E-state index in [2.05, 4.69) is 26.0 Å². The van der Waals surface area contributed by atoms with E-state index in [0.29, 0.717) is 0 Å². The Kier molecular flexibility index (Phi) is 25.5. The molecule has 174 valence electrons. The molecule has 0 heterocycles. The summed E-state index contributed by atoms with van der Waals surface area (Å²) in [5.74, 6) is 0. The molecular weight excluding hydrogens is 352 g/mol. The van der Waals surface area contributed by atoms with Gasteiger partial charge in [-0.15, -0.1) is 0 Å². The summed E-state index contributed by atoms with van der Waals surface area (Å²) in [7, 11) is 0. The predicted molar refractivity (Wildman–Crippen MR) is 133 cm³/mol. The second-order valence-electron chi connectivity index (χ2n) is 9.29. The van der Waals surface area contributed by atoms with Crippen LogP contribution in [0.25, 0.3) is 0 Å². The Morgan fingerprint density at radius 1 is 0.448 bits per heavy atom. The lowest BCUT2D eigenvalue weighted by Crippen LogP contribution is -2.05. The molecule has 0 radical (unpaired) electrons. The van der Waals surface area contributed by atoms with Gasteiger partial charge in [0.1, 0.15) is 0 Å². The molecule has 0 saturated carbocycles. The zero-order chi connectivity index (χ0) is 21.3. The average Bonchev–Trinajstić information content (AvgIpc) is 2.72. The van der Waals surface area contributed by atoms with Gasteiger partial charge in [-0.25, -0.2) is 0 Å². The summed E-state index contributed by atoms with van der Waals surface area (Å²) in [5.41, 5.74) is 0. The highest BCUT2D eigenvalue weighted by Gasteiger charge is 2.03. The number of hydrogen-bond donors (Lipinski definition) is 1. The molecule has 0 rings (SSSR count). The maximum Gasteiger partial charge on any atom is 0.0540 e. The highest BCUT2D eigenvalue weighted by atomic mass is 16.3. The van der Waals surface area contributed by atoms with Crippen molar-refractivity contribution in [3.8, 4) is 0 Å². The molecule has 0 aliphatic heterocycles. The summed E-state index contributed by atoms with van der Waals surface area (Å²) in [6, 6.07) is 0. The van der Waals surface area contributed by atoms with Gasteiger partial charge in [0.05, 0.1) is 6.10 Å².